The van der Waals surface area contributed by atoms with Crippen molar-refractivity contribution < 1.29 is 14.3 Å². The molecular weight excluding hydrogens is 268 g/mol. The Bertz CT molecular complexity index is 348. The van der Waals surface area contributed by atoms with Crippen molar-refractivity contribution in [2.45, 2.75) is 64.2 Å². The number of hydrogen-bond donors (Lipinski definition) is 1. The van der Waals surface area contributed by atoms with Crippen molar-refractivity contribution in [3.05, 3.63) is 0 Å². The van der Waals surface area contributed by atoms with Crippen LogP contribution in [0.2, 0.25) is 0 Å². The molecule has 1 aliphatic heterocycles. The Morgan fingerprint density at radius 3 is 2.67 bits per heavy atom. The maximum Gasteiger partial charge on any atom is 0.410 e. The molecule has 1 unspecified atom stereocenters. The fraction of sp³-hybridized carbons (Fsp3) is 0.938. The zero-order chi connectivity index (χ0) is 15.5. The lowest BCUT2D eigenvalue weighted by Crippen LogP contribution is -2.45. The van der Waals surface area contributed by atoms with E-state index < -0.39 is 5.60 Å². The fourth-order valence-corrected chi connectivity index (χ4v) is 2.98. The van der Waals surface area contributed by atoms with E-state index in [0.717, 1.165) is 45.3 Å². The van der Waals surface area contributed by atoms with Crippen LogP contribution in [0.5, 0.6) is 0 Å². The largest absolute Gasteiger partial charge is 0.444 e. The number of methoxy groups -OCH3 is 1. The number of likely N-dealkylation sites (tertiary alicyclic amines) is 1. The van der Waals surface area contributed by atoms with Crippen LogP contribution in [0.25, 0.3) is 0 Å². The first-order valence-electron chi connectivity index (χ1n) is 8.11. The molecule has 0 radical (unpaired) electrons. The summed E-state index contributed by atoms with van der Waals surface area (Å²) in [5.41, 5.74) is -0.404. The monoisotopic (exact) mass is 298 g/mol. The molecular formula is C16H30N2O3. The van der Waals surface area contributed by atoms with Gasteiger partial charge in [0.05, 0.1) is 6.10 Å². The summed E-state index contributed by atoms with van der Waals surface area (Å²) in [5, 5.41) is 3.58. The highest BCUT2D eigenvalue weighted by Crippen LogP contribution is 2.24. The number of nitrogens with zero attached hydrogens (tertiary/aromatic N) is 1. The summed E-state index contributed by atoms with van der Waals surface area (Å²) in [5.74, 6) is 0.600. The molecule has 0 aromatic carbocycles. The third-order valence-electron chi connectivity index (χ3n) is 4.35. The molecule has 1 atom stereocenters. The minimum Gasteiger partial charge on any atom is -0.444 e. The number of carbonyl (C=O) groups is 1. The number of nitrogens with one attached hydrogen (secondary N) is 1. The van der Waals surface area contributed by atoms with Gasteiger partial charge in [-0.15, -0.1) is 0 Å². The van der Waals surface area contributed by atoms with E-state index in [1.165, 1.54) is 0 Å². The Kier molecular flexibility index (Phi) is 5.49. The second kappa shape index (κ2) is 6.97. The topological polar surface area (TPSA) is 50.8 Å². The van der Waals surface area contributed by atoms with E-state index >= 15 is 0 Å². The van der Waals surface area contributed by atoms with Gasteiger partial charge in [-0.3, -0.25) is 0 Å². The minimum absolute atomic E-state index is 0.167. The number of ether oxygens (including phenoxy) is 2. The van der Waals surface area contributed by atoms with Gasteiger partial charge in [0, 0.05) is 26.2 Å². The van der Waals surface area contributed by atoms with E-state index in [1.807, 2.05) is 25.7 Å². The van der Waals surface area contributed by atoms with Crippen LogP contribution in [0.3, 0.4) is 0 Å². The molecule has 0 aromatic heterocycles. The predicted molar refractivity (Wildman–Crippen MR) is 82.4 cm³/mol. The first kappa shape index (κ1) is 16.6. The van der Waals surface area contributed by atoms with Crippen molar-refractivity contribution in [1.82, 2.24) is 10.2 Å². The second-order valence-electron chi connectivity index (χ2n) is 7.35. The van der Waals surface area contributed by atoms with Gasteiger partial charge in [0.2, 0.25) is 0 Å². The van der Waals surface area contributed by atoms with Crippen molar-refractivity contribution in [2.75, 3.05) is 26.7 Å². The van der Waals surface area contributed by atoms with Crippen LogP contribution in [0.15, 0.2) is 0 Å². The van der Waals surface area contributed by atoms with E-state index in [-0.39, 0.29) is 6.09 Å². The summed E-state index contributed by atoms with van der Waals surface area (Å²) in [7, 11) is 1.78. The van der Waals surface area contributed by atoms with Gasteiger partial charge >= 0.3 is 6.09 Å². The highest BCUT2D eigenvalue weighted by molar-refractivity contribution is 5.68. The molecule has 1 saturated heterocycles. The Hall–Kier alpha value is -0.810. The molecule has 2 aliphatic rings. The Balaban J connectivity index is 1.59. The van der Waals surface area contributed by atoms with Crippen LogP contribution in [0.4, 0.5) is 4.79 Å². The first-order chi connectivity index (χ1) is 9.87. The Labute approximate surface area is 128 Å². The van der Waals surface area contributed by atoms with Crippen molar-refractivity contribution in [3.8, 4) is 0 Å². The minimum atomic E-state index is -0.404. The SMILES string of the molecule is COC1CC(NCCC2CCN(C(=O)OC(C)(C)C)C2)C1. The molecule has 1 heterocycles. The lowest BCUT2D eigenvalue weighted by Gasteiger charge is -2.35. The van der Waals surface area contributed by atoms with E-state index in [4.69, 9.17) is 9.47 Å². The maximum atomic E-state index is 12.0. The normalized spacial score (nSPS) is 29.3. The Morgan fingerprint density at radius 2 is 2.05 bits per heavy atom. The summed E-state index contributed by atoms with van der Waals surface area (Å²) >= 11 is 0. The molecule has 1 amide bonds. The van der Waals surface area contributed by atoms with Crippen LogP contribution >= 0.6 is 0 Å². The molecule has 21 heavy (non-hydrogen) atoms. The van der Waals surface area contributed by atoms with Gasteiger partial charge in [0.1, 0.15) is 5.60 Å². The number of rotatable bonds is 5. The maximum absolute atomic E-state index is 12.0. The summed E-state index contributed by atoms with van der Waals surface area (Å²) in [6.07, 6.45) is 4.77. The molecule has 5 nitrogen and oxygen atoms in total. The van der Waals surface area contributed by atoms with Gasteiger partial charge in [0.15, 0.2) is 0 Å². The van der Waals surface area contributed by atoms with Gasteiger partial charge in [-0.1, -0.05) is 0 Å². The molecule has 2 rings (SSSR count). The van der Waals surface area contributed by atoms with E-state index in [1.54, 1.807) is 7.11 Å². The standard InChI is InChI=1S/C16H30N2O3/c1-16(2,3)21-15(19)18-8-6-12(11-18)5-7-17-13-9-14(10-13)20-4/h12-14,17H,5-11H2,1-4H3. The van der Waals surface area contributed by atoms with Crippen molar-refractivity contribution in [1.29, 1.82) is 0 Å². The lowest BCUT2D eigenvalue weighted by molar-refractivity contribution is 0.0170. The first-order valence-corrected chi connectivity index (χ1v) is 8.11. The van der Waals surface area contributed by atoms with Gasteiger partial charge in [-0.25, -0.2) is 4.79 Å². The van der Waals surface area contributed by atoms with Gasteiger partial charge in [0.25, 0.3) is 0 Å². The van der Waals surface area contributed by atoms with Crippen LogP contribution in [0, 0.1) is 5.92 Å². The molecule has 5 heteroatoms. The summed E-state index contributed by atoms with van der Waals surface area (Å²) < 4.78 is 10.7. The molecule has 0 aromatic rings. The van der Waals surface area contributed by atoms with Gasteiger partial charge < -0.3 is 19.7 Å². The van der Waals surface area contributed by atoms with Crippen LogP contribution in [-0.2, 0) is 9.47 Å². The zero-order valence-corrected chi connectivity index (χ0v) is 13.9. The third-order valence-corrected chi connectivity index (χ3v) is 4.35. The molecule has 1 saturated carbocycles. The summed E-state index contributed by atoms with van der Waals surface area (Å²) in [6.45, 7) is 8.43. The molecule has 2 fully saturated rings. The molecule has 1 aliphatic carbocycles. The third kappa shape index (κ3) is 5.15. The zero-order valence-electron chi connectivity index (χ0n) is 13.9. The molecule has 0 spiro atoms. The average Bonchev–Trinajstić information content (AvgIpc) is 2.78. The summed E-state index contributed by atoms with van der Waals surface area (Å²) in [4.78, 5) is 13.8. The van der Waals surface area contributed by atoms with Gasteiger partial charge in [-0.05, 0) is 58.9 Å². The lowest BCUT2D eigenvalue weighted by atomic mass is 9.89. The van der Waals surface area contributed by atoms with Crippen molar-refractivity contribution in [2.24, 2.45) is 5.92 Å². The summed E-state index contributed by atoms with van der Waals surface area (Å²) in [6, 6.07) is 0.623. The van der Waals surface area contributed by atoms with Crippen LogP contribution < -0.4 is 5.32 Å². The Morgan fingerprint density at radius 1 is 1.33 bits per heavy atom. The quantitative estimate of drug-likeness (QED) is 0.847. The molecule has 1 N–H and O–H groups in total. The molecule has 0 bridgehead atoms. The number of amides is 1. The van der Waals surface area contributed by atoms with Crippen molar-refractivity contribution in [3.63, 3.8) is 0 Å². The fourth-order valence-electron chi connectivity index (χ4n) is 2.98. The van der Waals surface area contributed by atoms with Crippen molar-refractivity contribution >= 4 is 6.09 Å². The highest BCUT2D eigenvalue weighted by Gasteiger charge is 2.31. The smallest absolute Gasteiger partial charge is 0.410 e. The van der Waals surface area contributed by atoms with E-state index in [9.17, 15) is 4.79 Å². The predicted octanol–water partition coefficient (Wildman–Crippen LogP) is 2.40. The second-order valence-corrected chi connectivity index (χ2v) is 7.35. The van der Waals surface area contributed by atoms with Gasteiger partial charge in [-0.2, -0.15) is 0 Å². The average molecular weight is 298 g/mol. The number of hydrogen-bond acceptors (Lipinski definition) is 4. The molecule has 122 valence electrons. The van der Waals surface area contributed by atoms with Crippen LogP contribution in [0.1, 0.15) is 46.5 Å². The van der Waals surface area contributed by atoms with Crippen LogP contribution in [-0.4, -0.2) is 55.5 Å². The van der Waals surface area contributed by atoms with E-state index in [0.29, 0.717) is 18.1 Å². The number of carbonyl (C=O) groups excluding carboxylic acids is 1. The van der Waals surface area contributed by atoms with E-state index in [2.05, 4.69) is 5.32 Å². The highest BCUT2D eigenvalue weighted by atomic mass is 16.6.